The zero-order valence-corrected chi connectivity index (χ0v) is 18.5. The van der Waals surface area contributed by atoms with Gasteiger partial charge in [0.25, 0.3) is 0 Å². The molecule has 0 spiro atoms. The standard InChI is InChI=1S/C19H30N4O3.HI/c1-3-20-19(21-10-6-13-23-12-5-9-18(23)24)22-11-14-26-17-8-4-7-16(15-17)25-2;/h4,7-8,15H,3,5-6,9-14H2,1-2H3,(H2,20,21,22);1H. The number of nitrogens with zero attached hydrogens (tertiary/aromatic N) is 2. The Bertz CT molecular complexity index is 598. The number of rotatable bonds is 10. The first kappa shape index (κ1) is 23.3. The monoisotopic (exact) mass is 490 g/mol. The van der Waals surface area contributed by atoms with E-state index in [1.54, 1.807) is 7.11 Å². The SMILES string of the molecule is CCNC(=NCCCN1CCCC1=O)NCCOc1cccc(OC)c1.I. The fraction of sp³-hybridized carbons (Fsp3) is 0.579. The van der Waals surface area contributed by atoms with Crippen molar-refractivity contribution < 1.29 is 14.3 Å². The average molecular weight is 490 g/mol. The van der Waals surface area contributed by atoms with Crippen molar-refractivity contribution in [3.8, 4) is 11.5 Å². The zero-order valence-electron chi connectivity index (χ0n) is 16.2. The summed E-state index contributed by atoms with van der Waals surface area (Å²) >= 11 is 0. The van der Waals surface area contributed by atoms with E-state index in [9.17, 15) is 4.79 Å². The molecule has 1 fully saturated rings. The van der Waals surface area contributed by atoms with Crippen LogP contribution in [0.1, 0.15) is 26.2 Å². The van der Waals surface area contributed by atoms with Crippen molar-refractivity contribution in [3.63, 3.8) is 0 Å². The van der Waals surface area contributed by atoms with Gasteiger partial charge in [0.2, 0.25) is 5.91 Å². The van der Waals surface area contributed by atoms with E-state index < -0.39 is 0 Å². The van der Waals surface area contributed by atoms with Crippen LogP contribution in [-0.2, 0) is 4.79 Å². The number of guanidine groups is 1. The number of carbonyl (C=O) groups excluding carboxylic acids is 1. The van der Waals surface area contributed by atoms with Crippen molar-refractivity contribution in [2.24, 2.45) is 4.99 Å². The molecule has 0 bridgehead atoms. The van der Waals surface area contributed by atoms with Gasteiger partial charge in [-0.15, -0.1) is 24.0 Å². The highest BCUT2D eigenvalue weighted by molar-refractivity contribution is 14.0. The molecule has 1 aromatic rings. The molecular weight excluding hydrogens is 459 g/mol. The lowest BCUT2D eigenvalue weighted by atomic mass is 10.3. The van der Waals surface area contributed by atoms with Gasteiger partial charge in [0.1, 0.15) is 18.1 Å². The zero-order chi connectivity index (χ0) is 18.6. The fourth-order valence-electron chi connectivity index (χ4n) is 2.76. The number of carbonyl (C=O) groups is 1. The van der Waals surface area contributed by atoms with Crippen LogP contribution in [0.2, 0.25) is 0 Å². The van der Waals surface area contributed by atoms with Gasteiger partial charge in [-0.25, -0.2) is 0 Å². The Kier molecular flexibility index (Phi) is 11.6. The highest BCUT2D eigenvalue weighted by Crippen LogP contribution is 2.18. The molecule has 0 saturated carbocycles. The number of hydrogen-bond donors (Lipinski definition) is 2. The van der Waals surface area contributed by atoms with E-state index in [0.29, 0.717) is 26.1 Å². The van der Waals surface area contributed by atoms with Crippen LogP contribution in [0.15, 0.2) is 29.3 Å². The molecule has 0 aliphatic carbocycles. The van der Waals surface area contributed by atoms with E-state index in [-0.39, 0.29) is 29.9 Å². The number of amides is 1. The van der Waals surface area contributed by atoms with Crippen molar-refractivity contribution in [2.75, 3.05) is 46.4 Å². The third-order valence-electron chi connectivity index (χ3n) is 4.08. The maximum Gasteiger partial charge on any atom is 0.222 e. The first-order valence-corrected chi connectivity index (χ1v) is 9.29. The lowest BCUT2D eigenvalue weighted by molar-refractivity contribution is -0.127. The molecule has 0 atom stereocenters. The smallest absolute Gasteiger partial charge is 0.222 e. The van der Waals surface area contributed by atoms with Gasteiger partial charge >= 0.3 is 0 Å². The summed E-state index contributed by atoms with van der Waals surface area (Å²) < 4.78 is 10.9. The first-order chi connectivity index (χ1) is 12.7. The minimum atomic E-state index is 0. The molecule has 1 aliphatic heterocycles. The first-order valence-electron chi connectivity index (χ1n) is 9.29. The molecule has 1 aromatic carbocycles. The Balaban J connectivity index is 0.00000364. The maximum atomic E-state index is 11.6. The van der Waals surface area contributed by atoms with Gasteiger partial charge in [0.15, 0.2) is 5.96 Å². The quantitative estimate of drug-likeness (QED) is 0.228. The van der Waals surface area contributed by atoms with Gasteiger partial charge in [-0.2, -0.15) is 0 Å². The molecule has 1 amide bonds. The topological polar surface area (TPSA) is 75.2 Å². The molecule has 0 radical (unpaired) electrons. The fourth-order valence-corrected chi connectivity index (χ4v) is 2.76. The van der Waals surface area contributed by atoms with Crippen LogP contribution >= 0.6 is 24.0 Å². The Hall–Kier alpha value is -1.71. The predicted octanol–water partition coefficient (Wildman–Crippen LogP) is 2.26. The van der Waals surface area contributed by atoms with Crippen LogP contribution in [0.3, 0.4) is 0 Å². The minimum Gasteiger partial charge on any atom is -0.497 e. The van der Waals surface area contributed by atoms with Crippen molar-refractivity contribution in [3.05, 3.63) is 24.3 Å². The van der Waals surface area contributed by atoms with Gasteiger partial charge in [-0.3, -0.25) is 9.79 Å². The number of aliphatic imine (C=N–C) groups is 1. The van der Waals surface area contributed by atoms with E-state index in [0.717, 1.165) is 49.9 Å². The summed E-state index contributed by atoms with van der Waals surface area (Å²) in [6.45, 7) is 6.38. The lowest BCUT2D eigenvalue weighted by Crippen LogP contribution is -2.39. The number of nitrogens with one attached hydrogen (secondary N) is 2. The molecule has 2 rings (SSSR count). The van der Waals surface area contributed by atoms with E-state index in [1.807, 2.05) is 36.1 Å². The molecule has 8 heteroatoms. The molecule has 1 saturated heterocycles. The summed E-state index contributed by atoms with van der Waals surface area (Å²) in [6, 6.07) is 7.55. The summed E-state index contributed by atoms with van der Waals surface area (Å²) in [5.41, 5.74) is 0. The molecule has 0 unspecified atom stereocenters. The molecule has 2 N–H and O–H groups in total. The summed E-state index contributed by atoms with van der Waals surface area (Å²) in [4.78, 5) is 18.1. The minimum absolute atomic E-state index is 0. The van der Waals surface area contributed by atoms with Gasteiger partial charge < -0.3 is 25.0 Å². The second-order valence-electron chi connectivity index (χ2n) is 6.05. The highest BCUT2D eigenvalue weighted by Gasteiger charge is 2.18. The molecule has 0 aromatic heterocycles. The van der Waals surface area contributed by atoms with Crippen LogP contribution in [0, 0.1) is 0 Å². The second-order valence-corrected chi connectivity index (χ2v) is 6.05. The van der Waals surface area contributed by atoms with Gasteiger partial charge in [0.05, 0.1) is 13.7 Å². The third-order valence-corrected chi connectivity index (χ3v) is 4.08. The normalized spacial score (nSPS) is 13.9. The van der Waals surface area contributed by atoms with E-state index in [4.69, 9.17) is 9.47 Å². The molecule has 27 heavy (non-hydrogen) atoms. The summed E-state index contributed by atoms with van der Waals surface area (Å²) in [7, 11) is 1.64. The number of hydrogen-bond acceptors (Lipinski definition) is 4. The largest absolute Gasteiger partial charge is 0.497 e. The molecule has 1 aliphatic rings. The Labute approximate surface area is 178 Å². The molecule has 7 nitrogen and oxygen atoms in total. The van der Waals surface area contributed by atoms with E-state index in [2.05, 4.69) is 15.6 Å². The van der Waals surface area contributed by atoms with Crippen LogP contribution < -0.4 is 20.1 Å². The molecule has 1 heterocycles. The van der Waals surface area contributed by atoms with Gasteiger partial charge in [-0.1, -0.05) is 6.07 Å². The Morgan fingerprint density at radius 2 is 2.11 bits per heavy atom. The molecular formula is C19H31IN4O3. The lowest BCUT2D eigenvalue weighted by Gasteiger charge is -2.15. The van der Waals surface area contributed by atoms with Crippen LogP contribution in [-0.4, -0.2) is 63.2 Å². The number of benzene rings is 1. The van der Waals surface area contributed by atoms with Crippen LogP contribution in [0.25, 0.3) is 0 Å². The Morgan fingerprint density at radius 1 is 1.30 bits per heavy atom. The van der Waals surface area contributed by atoms with Crippen LogP contribution in [0.5, 0.6) is 11.5 Å². The maximum absolute atomic E-state index is 11.6. The number of likely N-dealkylation sites (tertiary alicyclic amines) is 1. The third kappa shape index (κ3) is 8.68. The van der Waals surface area contributed by atoms with Crippen molar-refractivity contribution in [1.29, 1.82) is 0 Å². The van der Waals surface area contributed by atoms with E-state index in [1.165, 1.54) is 0 Å². The van der Waals surface area contributed by atoms with Gasteiger partial charge in [0, 0.05) is 38.7 Å². The summed E-state index contributed by atoms with van der Waals surface area (Å²) in [6.07, 6.45) is 2.56. The number of ether oxygens (including phenoxy) is 2. The second kappa shape index (κ2) is 13.5. The average Bonchev–Trinajstić information content (AvgIpc) is 3.07. The summed E-state index contributed by atoms with van der Waals surface area (Å²) in [5, 5.41) is 6.48. The number of methoxy groups -OCH3 is 1. The predicted molar refractivity (Wildman–Crippen MR) is 118 cm³/mol. The van der Waals surface area contributed by atoms with Crippen molar-refractivity contribution >= 4 is 35.8 Å². The van der Waals surface area contributed by atoms with Crippen molar-refractivity contribution in [1.82, 2.24) is 15.5 Å². The molecule has 152 valence electrons. The van der Waals surface area contributed by atoms with Crippen molar-refractivity contribution in [2.45, 2.75) is 26.2 Å². The number of halogens is 1. The van der Waals surface area contributed by atoms with Gasteiger partial charge in [-0.05, 0) is 31.9 Å². The van der Waals surface area contributed by atoms with E-state index >= 15 is 0 Å². The van der Waals surface area contributed by atoms with Crippen LogP contribution in [0.4, 0.5) is 0 Å². The highest BCUT2D eigenvalue weighted by atomic mass is 127. The Morgan fingerprint density at radius 3 is 2.81 bits per heavy atom. The summed E-state index contributed by atoms with van der Waals surface area (Å²) in [5.74, 6) is 2.61.